The van der Waals surface area contributed by atoms with Crippen LogP contribution < -0.4 is 5.56 Å². The highest BCUT2D eigenvalue weighted by atomic mass is 16.4. The molecule has 0 aliphatic rings. The first-order valence-electron chi connectivity index (χ1n) is 5.58. The van der Waals surface area contributed by atoms with Gasteiger partial charge in [-0.15, -0.1) is 0 Å². The van der Waals surface area contributed by atoms with Crippen molar-refractivity contribution in [2.75, 3.05) is 0 Å². The van der Waals surface area contributed by atoms with E-state index in [1.165, 1.54) is 24.3 Å². The Hall–Kier alpha value is -2.82. The van der Waals surface area contributed by atoms with E-state index in [2.05, 4.69) is 4.98 Å². The van der Waals surface area contributed by atoms with Crippen LogP contribution in [0, 0.1) is 0 Å². The molecule has 0 atom stereocenters. The summed E-state index contributed by atoms with van der Waals surface area (Å²) in [6.07, 6.45) is 0. The standard InChI is InChI=1S/C14H9NO4/c16-10-6-2-1-4-8(10)14-15-13(18)9-5-3-7-11(17)12(9)19-14/h1-7,16-17H. The molecule has 1 aromatic heterocycles. The van der Waals surface area contributed by atoms with Gasteiger partial charge in [0.2, 0.25) is 5.89 Å². The number of aromatic nitrogens is 1. The van der Waals surface area contributed by atoms with Gasteiger partial charge < -0.3 is 14.6 Å². The van der Waals surface area contributed by atoms with E-state index in [1.807, 2.05) is 0 Å². The Bertz CT molecular complexity index is 823. The number of phenolic OH excluding ortho intramolecular Hbond substituents is 2. The molecule has 2 N–H and O–H groups in total. The SMILES string of the molecule is O=c1nc(-c2ccccc2O)oc2c(O)cccc12. The number of para-hydroxylation sites is 2. The molecule has 1 heterocycles. The minimum Gasteiger partial charge on any atom is -0.507 e. The first kappa shape index (κ1) is 11.3. The Kier molecular flexibility index (Phi) is 2.45. The fraction of sp³-hybridized carbons (Fsp3) is 0. The van der Waals surface area contributed by atoms with Crippen LogP contribution in [0.25, 0.3) is 22.4 Å². The summed E-state index contributed by atoms with van der Waals surface area (Å²) in [6, 6.07) is 10.8. The summed E-state index contributed by atoms with van der Waals surface area (Å²) in [5.74, 6) is -0.223. The molecule has 0 bridgehead atoms. The Balaban J connectivity index is 2.36. The van der Waals surface area contributed by atoms with Crippen LogP contribution in [0.5, 0.6) is 11.5 Å². The van der Waals surface area contributed by atoms with Crippen molar-refractivity contribution in [2.45, 2.75) is 0 Å². The van der Waals surface area contributed by atoms with E-state index in [4.69, 9.17) is 4.42 Å². The number of fused-ring (bicyclic) bond motifs is 1. The van der Waals surface area contributed by atoms with Gasteiger partial charge in [-0.3, -0.25) is 4.79 Å². The second kappa shape index (κ2) is 4.13. The molecule has 19 heavy (non-hydrogen) atoms. The highest BCUT2D eigenvalue weighted by Gasteiger charge is 2.13. The van der Waals surface area contributed by atoms with E-state index in [9.17, 15) is 15.0 Å². The largest absolute Gasteiger partial charge is 0.507 e. The lowest BCUT2D eigenvalue weighted by molar-refractivity contribution is 0.458. The molecule has 5 nitrogen and oxygen atoms in total. The predicted octanol–water partition coefficient (Wildman–Crippen LogP) is 2.27. The van der Waals surface area contributed by atoms with Gasteiger partial charge in [0, 0.05) is 0 Å². The average Bonchev–Trinajstić information content (AvgIpc) is 2.40. The van der Waals surface area contributed by atoms with Crippen LogP contribution in [0.1, 0.15) is 0 Å². The van der Waals surface area contributed by atoms with E-state index >= 15 is 0 Å². The molecule has 2 aromatic carbocycles. The lowest BCUT2D eigenvalue weighted by Gasteiger charge is -2.04. The summed E-state index contributed by atoms with van der Waals surface area (Å²) in [4.78, 5) is 15.7. The summed E-state index contributed by atoms with van der Waals surface area (Å²) < 4.78 is 5.42. The maximum atomic E-state index is 11.9. The van der Waals surface area contributed by atoms with Gasteiger partial charge in [-0.25, -0.2) is 0 Å². The van der Waals surface area contributed by atoms with Crippen molar-refractivity contribution in [3.8, 4) is 23.0 Å². The lowest BCUT2D eigenvalue weighted by atomic mass is 10.2. The highest BCUT2D eigenvalue weighted by molar-refractivity contribution is 5.82. The van der Waals surface area contributed by atoms with Gasteiger partial charge in [-0.2, -0.15) is 4.98 Å². The molecule has 94 valence electrons. The Morgan fingerprint density at radius 2 is 1.68 bits per heavy atom. The first-order chi connectivity index (χ1) is 9.16. The van der Waals surface area contributed by atoms with Gasteiger partial charge in [0.15, 0.2) is 11.3 Å². The predicted molar refractivity (Wildman–Crippen MR) is 69.0 cm³/mol. The van der Waals surface area contributed by atoms with Crippen molar-refractivity contribution in [1.82, 2.24) is 4.98 Å². The Labute approximate surface area is 107 Å². The van der Waals surface area contributed by atoms with Crippen LogP contribution >= 0.6 is 0 Å². The van der Waals surface area contributed by atoms with Crippen LogP contribution in [-0.4, -0.2) is 15.2 Å². The molecule has 3 rings (SSSR count). The topological polar surface area (TPSA) is 83.6 Å². The monoisotopic (exact) mass is 255 g/mol. The van der Waals surface area contributed by atoms with E-state index < -0.39 is 5.56 Å². The zero-order valence-electron chi connectivity index (χ0n) is 9.70. The van der Waals surface area contributed by atoms with Gasteiger partial charge >= 0.3 is 0 Å². The van der Waals surface area contributed by atoms with Crippen molar-refractivity contribution >= 4 is 11.0 Å². The molecule has 0 aliphatic heterocycles. The number of rotatable bonds is 1. The van der Waals surface area contributed by atoms with Crippen LogP contribution in [0.3, 0.4) is 0 Å². The van der Waals surface area contributed by atoms with E-state index in [-0.39, 0.29) is 28.4 Å². The molecule has 0 aliphatic carbocycles. The molecule has 0 saturated heterocycles. The summed E-state index contributed by atoms with van der Waals surface area (Å²) in [5.41, 5.74) is -0.166. The smallest absolute Gasteiger partial charge is 0.284 e. The molecule has 0 saturated carbocycles. The highest BCUT2D eigenvalue weighted by Crippen LogP contribution is 2.30. The van der Waals surface area contributed by atoms with Crippen molar-refractivity contribution in [1.29, 1.82) is 0 Å². The Morgan fingerprint density at radius 1 is 0.947 bits per heavy atom. The molecule has 0 unspecified atom stereocenters. The van der Waals surface area contributed by atoms with Crippen molar-refractivity contribution in [2.24, 2.45) is 0 Å². The third kappa shape index (κ3) is 1.81. The molecule has 0 radical (unpaired) electrons. The molecule has 0 fully saturated rings. The molecule has 0 amide bonds. The number of hydrogen-bond donors (Lipinski definition) is 2. The van der Waals surface area contributed by atoms with E-state index in [0.29, 0.717) is 5.56 Å². The summed E-state index contributed by atoms with van der Waals surface area (Å²) in [5, 5.41) is 19.6. The number of benzene rings is 2. The van der Waals surface area contributed by atoms with Gasteiger partial charge in [0.25, 0.3) is 5.56 Å². The van der Waals surface area contributed by atoms with Crippen molar-refractivity contribution in [3.05, 3.63) is 52.8 Å². The van der Waals surface area contributed by atoms with Gasteiger partial charge in [0.1, 0.15) is 5.75 Å². The second-order valence-corrected chi connectivity index (χ2v) is 4.00. The number of phenols is 2. The van der Waals surface area contributed by atoms with Crippen LogP contribution in [-0.2, 0) is 0 Å². The van der Waals surface area contributed by atoms with E-state index in [1.54, 1.807) is 18.2 Å². The maximum Gasteiger partial charge on any atom is 0.284 e. The fourth-order valence-corrected chi connectivity index (χ4v) is 1.84. The zero-order chi connectivity index (χ0) is 13.4. The first-order valence-corrected chi connectivity index (χ1v) is 5.58. The molecular formula is C14H9NO4. The molecule has 5 heteroatoms. The lowest BCUT2D eigenvalue weighted by Crippen LogP contribution is -2.07. The fourth-order valence-electron chi connectivity index (χ4n) is 1.84. The maximum absolute atomic E-state index is 11.9. The second-order valence-electron chi connectivity index (χ2n) is 4.00. The van der Waals surface area contributed by atoms with Crippen LogP contribution in [0.4, 0.5) is 0 Å². The van der Waals surface area contributed by atoms with Crippen molar-refractivity contribution in [3.63, 3.8) is 0 Å². The third-order valence-electron chi connectivity index (χ3n) is 2.76. The summed E-state index contributed by atoms with van der Waals surface area (Å²) in [7, 11) is 0. The Morgan fingerprint density at radius 3 is 2.47 bits per heavy atom. The summed E-state index contributed by atoms with van der Waals surface area (Å²) in [6.45, 7) is 0. The van der Waals surface area contributed by atoms with Gasteiger partial charge in [0.05, 0.1) is 10.9 Å². The van der Waals surface area contributed by atoms with Crippen LogP contribution in [0.2, 0.25) is 0 Å². The third-order valence-corrected chi connectivity index (χ3v) is 2.76. The number of nitrogens with zero attached hydrogens (tertiary/aromatic N) is 1. The normalized spacial score (nSPS) is 10.7. The number of hydrogen-bond acceptors (Lipinski definition) is 5. The van der Waals surface area contributed by atoms with Crippen molar-refractivity contribution < 1.29 is 14.6 Å². The summed E-state index contributed by atoms with van der Waals surface area (Å²) >= 11 is 0. The minimum absolute atomic E-state index is 0.0305. The minimum atomic E-state index is -0.518. The van der Waals surface area contributed by atoms with E-state index in [0.717, 1.165) is 0 Å². The molecule has 0 spiro atoms. The van der Waals surface area contributed by atoms with Crippen LogP contribution in [0.15, 0.2) is 51.7 Å². The van der Waals surface area contributed by atoms with Gasteiger partial charge in [-0.05, 0) is 24.3 Å². The average molecular weight is 255 g/mol. The van der Waals surface area contributed by atoms with Gasteiger partial charge in [-0.1, -0.05) is 18.2 Å². The molecule has 3 aromatic rings. The molecular weight excluding hydrogens is 246 g/mol. The quantitative estimate of drug-likeness (QED) is 0.696. The zero-order valence-corrected chi connectivity index (χ0v) is 9.70. The number of aromatic hydroxyl groups is 2.